The Hall–Kier alpha value is -4.15. The smallest absolute Gasteiger partial charge is 0.369 e. The van der Waals surface area contributed by atoms with Crippen LogP contribution in [-0.4, -0.2) is 31.1 Å². The van der Waals surface area contributed by atoms with Gasteiger partial charge in [-0.15, -0.1) is 4.73 Å². The van der Waals surface area contributed by atoms with Crippen LogP contribution in [0, 0.1) is 21.7 Å². The molecule has 0 N–H and O–H groups in total. The lowest BCUT2D eigenvalue weighted by molar-refractivity contribution is -0.622. The Morgan fingerprint density at radius 1 is 0.788 bits per heavy atom. The van der Waals surface area contributed by atoms with Crippen molar-refractivity contribution >= 4 is 16.7 Å². The maximum absolute atomic E-state index is 13.2. The van der Waals surface area contributed by atoms with Crippen LogP contribution < -0.4 is 14.4 Å². The molecule has 0 saturated carbocycles. The summed E-state index contributed by atoms with van der Waals surface area (Å²) < 4.78 is 1.28. The third-order valence-electron chi connectivity index (χ3n) is 6.17. The zero-order valence-corrected chi connectivity index (χ0v) is 18.1. The van der Waals surface area contributed by atoms with Crippen LogP contribution in [0.1, 0.15) is 11.3 Å². The number of nitriles is 1. The van der Waals surface area contributed by atoms with Gasteiger partial charge in [-0.05, 0) is 23.8 Å². The summed E-state index contributed by atoms with van der Waals surface area (Å²) in [5, 5.41) is 35.9. The van der Waals surface area contributed by atoms with E-state index >= 15 is 0 Å². The van der Waals surface area contributed by atoms with Crippen molar-refractivity contribution in [3.05, 3.63) is 101 Å². The van der Waals surface area contributed by atoms with Gasteiger partial charge in [0.25, 0.3) is 11.0 Å². The number of aromatic nitrogens is 2. The lowest BCUT2D eigenvalue weighted by Crippen LogP contribution is -2.46. The van der Waals surface area contributed by atoms with Crippen LogP contribution in [0.25, 0.3) is 22.3 Å². The molecule has 0 bridgehead atoms. The second kappa shape index (κ2) is 8.77. The first-order valence-corrected chi connectivity index (χ1v) is 11.0. The van der Waals surface area contributed by atoms with E-state index in [1.54, 1.807) is 36.4 Å². The Morgan fingerprint density at radius 3 is 2.12 bits per heavy atom. The maximum atomic E-state index is 13.2. The molecule has 164 valence electrons. The number of hydrogen-bond donors (Lipinski definition) is 0. The van der Waals surface area contributed by atoms with E-state index < -0.39 is 0 Å². The van der Waals surface area contributed by atoms with E-state index in [4.69, 9.17) is 0 Å². The van der Waals surface area contributed by atoms with Gasteiger partial charge in [-0.1, -0.05) is 48.5 Å². The van der Waals surface area contributed by atoms with Crippen LogP contribution in [0.15, 0.2) is 78.9 Å². The molecule has 1 aromatic heterocycles. The highest BCUT2D eigenvalue weighted by Crippen LogP contribution is 2.24. The van der Waals surface area contributed by atoms with Gasteiger partial charge < -0.3 is 15.3 Å². The Kier molecular flexibility index (Phi) is 5.51. The SMILES string of the molecule is N#Cc1c(-c2ccccc2)[n+]([O-])c2ccc(N3CCN(Cc4ccccc4)CC3)cc2[n+]1[O-]. The van der Waals surface area contributed by atoms with Crippen LogP contribution in [0.5, 0.6) is 0 Å². The quantitative estimate of drug-likeness (QED) is 0.362. The molecule has 3 aromatic carbocycles. The molecule has 2 heterocycles. The highest BCUT2D eigenvalue weighted by Gasteiger charge is 2.30. The summed E-state index contributed by atoms with van der Waals surface area (Å²) in [6.07, 6.45) is 0. The highest BCUT2D eigenvalue weighted by atomic mass is 16.5. The molecule has 4 aromatic rings. The van der Waals surface area contributed by atoms with Gasteiger partial charge in [0.2, 0.25) is 0 Å². The molecule has 1 aliphatic heterocycles. The van der Waals surface area contributed by atoms with Gasteiger partial charge in [-0.2, -0.15) is 9.99 Å². The fourth-order valence-electron chi connectivity index (χ4n) is 4.43. The van der Waals surface area contributed by atoms with E-state index in [1.807, 2.05) is 24.3 Å². The molecule has 5 rings (SSSR count). The molecule has 1 aliphatic rings. The molecule has 0 unspecified atom stereocenters. The van der Waals surface area contributed by atoms with E-state index in [2.05, 4.69) is 34.1 Å². The van der Waals surface area contributed by atoms with Crippen LogP contribution in [0.2, 0.25) is 0 Å². The number of hydrogen-bond acceptors (Lipinski definition) is 5. The van der Waals surface area contributed by atoms with E-state index in [9.17, 15) is 15.7 Å². The molecule has 7 heteroatoms. The lowest BCUT2D eigenvalue weighted by Gasteiger charge is -2.36. The van der Waals surface area contributed by atoms with Crippen molar-refractivity contribution < 1.29 is 9.46 Å². The first kappa shape index (κ1) is 20.7. The summed E-state index contributed by atoms with van der Waals surface area (Å²) >= 11 is 0. The molecule has 1 saturated heterocycles. The van der Waals surface area contributed by atoms with Crippen molar-refractivity contribution in [2.24, 2.45) is 0 Å². The number of anilines is 1. The largest absolute Gasteiger partial charge is 0.617 e. The van der Waals surface area contributed by atoms with Gasteiger partial charge in [-0.3, -0.25) is 4.90 Å². The Bertz CT molecular complexity index is 1330. The van der Waals surface area contributed by atoms with Crippen LogP contribution in [0.4, 0.5) is 5.69 Å². The van der Waals surface area contributed by atoms with Crippen molar-refractivity contribution in [3.63, 3.8) is 0 Å². The lowest BCUT2D eigenvalue weighted by atomic mass is 10.1. The summed E-state index contributed by atoms with van der Waals surface area (Å²) in [4.78, 5) is 4.62. The topological polar surface area (TPSA) is 84.2 Å². The molecule has 0 aliphatic carbocycles. The number of benzene rings is 3. The molecule has 0 radical (unpaired) electrons. The van der Waals surface area contributed by atoms with E-state index in [0.717, 1.165) is 38.4 Å². The van der Waals surface area contributed by atoms with Crippen molar-refractivity contribution in [3.8, 4) is 17.3 Å². The van der Waals surface area contributed by atoms with Crippen molar-refractivity contribution in [2.75, 3.05) is 31.1 Å². The minimum atomic E-state index is -0.200. The van der Waals surface area contributed by atoms with E-state index in [1.165, 1.54) is 5.56 Å². The zero-order valence-electron chi connectivity index (χ0n) is 18.1. The summed E-state index contributed by atoms with van der Waals surface area (Å²) in [6, 6.07) is 26.4. The Morgan fingerprint density at radius 2 is 1.45 bits per heavy atom. The summed E-state index contributed by atoms with van der Waals surface area (Å²) in [5.74, 6) is 0. The van der Waals surface area contributed by atoms with E-state index in [-0.39, 0.29) is 22.4 Å². The second-order valence-corrected chi connectivity index (χ2v) is 8.19. The Labute approximate surface area is 192 Å². The standard InChI is InChI=1S/C26H23N5O2/c27-18-25-26(21-9-5-2-6-10-21)31(33)23-12-11-22(17-24(23)30(25)32)29-15-13-28(14-16-29)19-20-7-3-1-4-8-20/h1-12,17H,13-16,19H2. The normalized spacial score (nSPS) is 14.3. The minimum absolute atomic E-state index is 0.0721. The third-order valence-corrected chi connectivity index (χ3v) is 6.17. The Balaban J connectivity index is 1.43. The van der Waals surface area contributed by atoms with Crippen LogP contribution in [0.3, 0.4) is 0 Å². The van der Waals surface area contributed by atoms with E-state index in [0.29, 0.717) is 15.0 Å². The molecule has 0 atom stereocenters. The molecule has 33 heavy (non-hydrogen) atoms. The highest BCUT2D eigenvalue weighted by molar-refractivity contribution is 5.76. The average molecular weight is 438 g/mol. The summed E-state index contributed by atoms with van der Waals surface area (Å²) in [6.45, 7) is 4.37. The van der Waals surface area contributed by atoms with Gasteiger partial charge in [0.05, 0.1) is 5.56 Å². The van der Waals surface area contributed by atoms with Gasteiger partial charge in [-0.25, -0.2) is 0 Å². The fraction of sp³-hybridized carbons (Fsp3) is 0.192. The third kappa shape index (κ3) is 3.93. The van der Waals surface area contributed by atoms with Crippen molar-refractivity contribution in [1.82, 2.24) is 4.90 Å². The number of rotatable bonds is 4. The molecule has 0 spiro atoms. The second-order valence-electron chi connectivity index (χ2n) is 8.19. The zero-order chi connectivity index (χ0) is 22.8. The molecule has 1 fully saturated rings. The number of nitrogens with zero attached hydrogens (tertiary/aromatic N) is 5. The van der Waals surface area contributed by atoms with Crippen molar-refractivity contribution in [2.45, 2.75) is 6.54 Å². The molecule has 0 amide bonds. The maximum Gasteiger partial charge on any atom is 0.369 e. The first-order valence-electron chi connectivity index (χ1n) is 11.0. The van der Waals surface area contributed by atoms with Crippen LogP contribution >= 0.6 is 0 Å². The monoisotopic (exact) mass is 437 g/mol. The molecular formula is C26H23N5O2. The van der Waals surface area contributed by atoms with Gasteiger partial charge in [0, 0.05) is 50.5 Å². The number of fused-ring (bicyclic) bond motifs is 1. The number of piperazine rings is 1. The summed E-state index contributed by atoms with van der Waals surface area (Å²) in [7, 11) is 0. The average Bonchev–Trinajstić information content (AvgIpc) is 2.87. The predicted molar refractivity (Wildman–Crippen MR) is 126 cm³/mol. The molecular weight excluding hydrogens is 414 g/mol. The predicted octanol–water partition coefficient (Wildman–Crippen LogP) is 2.97. The van der Waals surface area contributed by atoms with Gasteiger partial charge >= 0.3 is 11.4 Å². The molecule has 7 nitrogen and oxygen atoms in total. The summed E-state index contributed by atoms with van der Waals surface area (Å²) in [5.41, 5.74) is 3.02. The van der Waals surface area contributed by atoms with Gasteiger partial charge in [0.1, 0.15) is 0 Å². The fourth-order valence-corrected chi connectivity index (χ4v) is 4.43. The van der Waals surface area contributed by atoms with Gasteiger partial charge in [0.15, 0.2) is 6.07 Å². The van der Waals surface area contributed by atoms with Crippen molar-refractivity contribution in [1.29, 1.82) is 5.26 Å². The first-order chi connectivity index (χ1) is 16.2. The van der Waals surface area contributed by atoms with Crippen LogP contribution in [-0.2, 0) is 6.54 Å². The minimum Gasteiger partial charge on any atom is -0.617 e.